The van der Waals surface area contributed by atoms with Crippen LogP contribution in [0, 0.1) is 0 Å². The summed E-state index contributed by atoms with van der Waals surface area (Å²) in [6, 6.07) is 6.88. The zero-order chi connectivity index (χ0) is 14.8. The first-order chi connectivity index (χ1) is 10.1. The van der Waals surface area contributed by atoms with Crippen LogP contribution >= 0.6 is 28.1 Å². The van der Waals surface area contributed by atoms with Crippen LogP contribution in [-0.2, 0) is 4.74 Å². The van der Waals surface area contributed by atoms with Crippen molar-refractivity contribution in [2.24, 2.45) is 5.73 Å². The van der Waals surface area contributed by atoms with E-state index in [0.717, 1.165) is 49.4 Å². The zero-order valence-corrected chi connectivity index (χ0v) is 14.3. The lowest BCUT2D eigenvalue weighted by molar-refractivity contribution is 0.0209. The molecule has 0 aliphatic carbocycles. The second-order valence-corrected chi connectivity index (χ2v) is 6.86. The maximum absolute atomic E-state index is 5.71. The van der Waals surface area contributed by atoms with Crippen LogP contribution in [-0.4, -0.2) is 55.3 Å². The van der Waals surface area contributed by atoms with Gasteiger partial charge in [0.2, 0.25) is 0 Å². The number of nitrogens with zero attached hydrogens (tertiary/aromatic N) is 2. The maximum atomic E-state index is 5.71. The summed E-state index contributed by atoms with van der Waals surface area (Å²) >= 11 is 8.61. The molecule has 0 bridgehead atoms. The average Bonchev–Trinajstić information content (AvgIpc) is 2.97. The summed E-state index contributed by atoms with van der Waals surface area (Å²) in [5.41, 5.74) is 7.84. The van der Waals surface area contributed by atoms with Gasteiger partial charge in [-0.05, 0) is 40.5 Å². The first kappa shape index (κ1) is 15.2. The van der Waals surface area contributed by atoms with E-state index in [-0.39, 0.29) is 0 Å². The van der Waals surface area contributed by atoms with E-state index in [1.807, 2.05) is 6.07 Å². The lowest BCUT2D eigenvalue weighted by Gasteiger charge is -2.32. The van der Waals surface area contributed by atoms with Crippen molar-refractivity contribution in [3.05, 3.63) is 28.2 Å². The molecule has 0 radical (unpaired) electrons. The highest BCUT2D eigenvalue weighted by atomic mass is 79.9. The molecule has 2 aliphatic heterocycles. The van der Waals surface area contributed by atoms with Crippen LogP contribution in [0.2, 0.25) is 0 Å². The standard InChI is InChI=1S/C15H20BrN3OS/c16-14-9-11(1-2-13(14)15(17)21)19-4-3-12(10-19)18-5-7-20-8-6-18/h1-2,9,12H,3-8,10H2,(H2,17,21). The Kier molecular flexibility index (Phi) is 4.78. The molecule has 2 N–H and O–H groups in total. The van der Waals surface area contributed by atoms with Gasteiger partial charge in [-0.3, -0.25) is 4.90 Å². The first-order valence-electron chi connectivity index (χ1n) is 7.31. The molecule has 0 saturated carbocycles. The predicted octanol–water partition coefficient (Wildman–Crippen LogP) is 1.99. The van der Waals surface area contributed by atoms with E-state index >= 15 is 0 Å². The van der Waals surface area contributed by atoms with Crippen molar-refractivity contribution in [1.29, 1.82) is 0 Å². The zero-order valence-electron chi connectivity index (χ0n) is 11.9. The van der Waals surface area contributed by atoms with E-state index < -0.39 is 0 Å². The minimum absolute atomic E-state index is 0.432. The number of hydrogen-bond acceptors (Lipinski definition) is 4. The van der Waals surface area contributed by atoms with Gasteiger partial charge in [-0.25, -0.2) is 0 Å². The summed E-state index contributed by atoms with van der Waals surface area (Å²) in [6.07, 6.45) is 1.22. The van der Waals surface area contributed by atoms with E-state index in [9.17, 15) is 0 Å². The van der Waals surface area contributed by atoms with Gasteiger partial charge in [0.1, 0.15) is 4.99 Å². The van der Waals surface area contributed by atoms with Crippen molar-refractivity contribution in [3.8, 4) is 0 Å². The third-order valence-electron chi connectivity index (χ3n) is 4.31. The van der Waals surface area contributed by atoms with Crippen LogP contribution in [0.3, 0.4) is 0 Å². The van der Waals surface area contributed by atoms with Gasteiger partial charge in [-0.2, -0.15) is 0 Å². The Hall–Kier alpha value is -0.690. The SMILES string of the molecule is NC(=S)c1ccc(N2CCC(N3CCOCC3)C2)cc1Br. The fourth-order valence-electron chi connectivity index (χ4n) is 3.12. The number of hydrogen-bond donors (Lipinski definition) is 1. The Morgan fingerprint density at radius 3 is 2.71 bits per heavy atom. The number of benzene rings is 1. The number of halogens is 1. The number of nitrogens with two attached hydrogens (primary N) is 1. The minimum atomic E-state index is 0.432. The van der Waals surface area contributed by atoms with Gasteiger partial charge in [0.05, 0.1) is 13.2 Å². The summed E-state index contributed by atoms with van der Waals surface area (Å²) in [5.74, 6) is 0. The highest BCUT2D eigenvalue weighted by Crippen LogP contribution is 2.28. The Morgan fingerprint density at radius 1 is 1.29 bits per heavy atom. The van der Waals surface area contributed by atoms with E-state index in [4.69, 9.17) is 22.7 Å². The largest absolute Gasteiger partial charge is 0.389 e. The molecule has 1 aromatic carbocycles. The normalized spacial score (nSPS) is 23.5. The van der Waals surface area contributed by atoms with Gasteiger partial charge in [-0.1, -0.05) is 12.2 Å². The topological polar surface area (TPSA) is 41.7 Å². The number of anilines is 1. The van der Waals surface area contributed by atoms with Crippen molar-refractivity contribution in [2.75, 3.05) is 44.3 Å². The third-order valence-corrected chi connectivity index (χ3v) is 5.18. The molecule has 21 heavy (non-hydrogen) atoms. The summed E-state index contributed by atoms with van der Waals surface area (Å²) in [6.45, 7) is 6.03. The van der Waals surface area contributed by atoms with Gasteiger partial charge in [0.15, 0.2) is 0 Å². The molecule has 1 unspecified atom stereocenters. The van der Waals surface area contributed by atoms with Crippen molar-refractivity contribution in [1.82, 2.24) is 4.90 Å². The molecule has 3 rings (SSSR count). The molecule has 1 atom stereocenters. The molecule has 114 valence electrons. The number of rotatable bonds is 3. The van der Waals surface area contributed by atoms with Crippen LogP contribution in [0.5, 0.6) is 0 Å². The molecular weight excluding hydrogens is 350 g/mol. The lowest BCUT2D eigenvalue weighted by Crippen LogP contribution is -2.44. The smallest absolute Gasteiger partial charge is 0.105 e. The monoisotopic (exact) mass is 369 g/mol. The highest BCUT2D eigenvalue weighted by molar-refractivity contribution is 9.10. The van der Waals surface area contributed by atoms with Gasteiger partial charge in [0, 0.05) is 47.9 Å². The average molecular weight is 370 g/mol. The number of thiocarbonyl (C=S) groups is 1. The number of ether oxygens (including phenoxy) is 1. The lowest BCUT2D eigenvalue weighted by atomic mass is 10.2. The molecule has 0 aromatic heterocycles. The molecule has 2 saturated heterocycles. The van der Waals surface area contributed by atoms with Crippen LogP contribution < -0.4 is 10.6 Å². The van der Waals surface area contributed by atoms with E-state index in [0.29, 0.717) is 11.0 Å². The summed E-state index contributed by atoms with van der Waals surface area (Å²) < 4.78 is 6.41. The molecule has 1 aromatic rings. The van der Waals surface area contributed by atoms with Crippen LogP contribution in [0.25, 0.3) is 0 Å². The highest BCUT2D eigenvalue weighted by Gasteiger charge is 2.29. The second-order valence-electron chi connectivity index (χ2n) is 5.57. The van der Waals surface area contributed by atoms with Gasteiger partial charge in [0.25, 0.3) is 0 Å². The third kappa shape index (κ3) is 3.39. The molecule has 0 spiro atoms. The Morgan fingerprint density at radius 2 is 2.05 bits per heavy atom. The van der Waals surface area contributed by atoms with Crippen molar-refractivity contribution in [3.63, 3.8) is 0 Å². The molecule has 2 aliphatic rings. The van der Waals surface area contributed by atoms with E-state index in [2.05, 4.69) is 37.9 Å². The van der Waals surface area contributed by atoms with Crippen molar-refractivity contribution < 1.29 is 4.74 Å². The fourth-order valence-corrected chi connectivity index (χ4v) is 4.01. The van der Waals surface area contributed by atoms with Gasteiger partial charge < -0.3 is 15.4 Å². The van der Waals surface area contributed by atoms with Crippen molar-refractivity contribution >= 4 is 38.8 Å². The van der Waals surface area contributed by atoms with Gasteiger partial charge >= 0.3 is 0 Å². The molecule has 0 amide bonds. The van der Waals surface area contributed by atoms with Crippen LogP contribution in [0.4, 0.5) is 5.69 Å². The summed E-state index contributed by atoms with van der Waals surface area (Å²) in [5, 5.41) is 0. The summed E-state index contributed by atoms with van der Waals surface area (Å²) in [7, 11) is 0. The molecule has 2 fully saturated rings. The molecule has 4 nitrogen and oxygen atoms in total. The number of morpholine rings is 1. The van der Waals surface area contributed by atoms with Crippen molar-refractivity contribution in [2.45, 2.75) is 12.5 Å². The van der Waals surface area contributed by atoms with E-state index in [1.54, 1.807) is 0 Å². The quantitative estimate of drug-likeness (QED) is 0.825. The molecule has 2 heterocycles. The predicted molar refractivity (Wildman–Crippen MR) is 93.0 cm³/mol. The Balaban J connectivity index is 1.68. The van der Waals surface area contributed by atoms with Gasteiger partial charge in [-0.15, -0.1) is 0 Å². The molecular formula is C15H20BrN3OS. The van der Waals surface area contributed by atoms with Crippen LogP contribution in [0.15, 0.2) is 22.7 Å². The maximum Gasteiger partial charge on any atom is 0.105 e. The van der Waals surface area contributed by atoms with E-state index in [1.165, 1.54) is 12.1 Å². The first-order valence-corrected chi connectivity index (χ1v) is 8.51. The fraction of sp³-hybridized carbons (Fsp3) is 0.533. The Labute approximate surface area is 139 Å². The summed E-state index contributed by atoms with van der Waals surface area (Å²) in [4.78, 5) is 5.43. The van der Waals surface area contributed by atoms with Crippen LogP contribution in [0.1, 0.15) is 12.0 Å². The second kappa shape index (κ2) is 6.60. The molecule has 6 heteroatoms. The minimum Gasteiger partial charge on any atom is -0.389 e. The Bertz CT molecular complexity index is 534.